The van der Waals surface area contributed by atoms with Crippen LogP contribution in [-0.4, -0.2) is 12.1 Å². The third kappa shape index (κ3) is 2.87. The molecule has 0 spiro atoms. The second kappa shape index (κ2) is 5.93. The van der Waals surface area contributed by atoms with Crippen LogP contribution in [0.15, 0.2) is 53.3 Å². The number of benzene rings is 2. The molecule has 3 rings (SSSR count). The van der Waals surface area contributed by atoms with Gasteiger partial charge < -0.3 is 10.1 Å². The second-order valence-corrected chi connectivity index (χ2v) is 5.52. The van der Waals surface area contributed by atoms with Gasteiger partial charge in [-0.25, -0.2) is 0 Å². The maximum absolute atomic E-state index is 12.0. The molecular weight excluding hydrogens is 284 g/mol. The first-order valence-electron chi connectivity index (χ1n) is 6.53. The van der Waals surface area contributed by atoms with Gasteiger partial charge in [0.05, 0.1) is 12.5 Å². The van der Waals surface area contributed by atoms with Gasteiger partial charge in [0.15, 0.2) is 5.13 Å². The molecule has 1 heterocycles. The van der Waals surface area contributed by atoms with Crippen molar-refractivity contribution in [2.24, 2.45) is 0 Å². The Bertz CT molecular complexity index is 830. The highest BCUT2D eigenvalue weighted by molar-refractivity contribution is 7.21. The first-order chi connectivity index (χ1) is 10.3. The standard InChI is InChI=1S/C16H14N2O2S/c1-20-13-8-4-2-6-11(13)10-17-16-18-15(19)12-7-3-5-9-14(12)21-16/h2-9H,10H2,1H3,(H,17,18,19). The van der Waals surface area contributed by atoms with Crippen LogP contribution in [0, 0.1) is 0 Å². The number of methoxy groups -OCH3 is 1. The highest BCUT2D eigenvalue weighted by Crippen LogP contribution is 2.23. The van der Waals surface area contributed by atoms with E-state index in [1.165, 1.54) is 11.3 Å². The van der Waals surface area contributed by atoms with Crippen LogP contribution in [0.1, 0.15) is 5.56 Å². The summed E-state index contributed by atoms with van der Waals surface area (Å²) < 4.78 is 6.24. The topological polar surface area (TPSA) is 51.2 Å². The van der Waals surface area contributed by atoms with Gasteiger partial charge >= 0.3 is 0 Å². The summed E-state index contributed by atoms with van der Waals surface area (Å²) in [5.74, 6) is 0.818. The van der Waals surface area contributed by atoms with Crippen LogP contribution in [-0.2, 0) is 6.54 Å². The van der Waals surface area contributed by atoms with E-state index in [2.05, 4.69) is 10.3 Å². The number of nitrogens with one attached hydrogen (secondary N) is 1. The first kappa shape index (κ1) is 13.6. The van der Waals surface area contributed by atoms with Gasteiger partial charge in [0.2, 0.25) is 0 Å². The minimum Gasteiger partial charge on any atom is -0.496 e. The number of ether oxygens (including phenoxy) is 1. The number of fused-ring (bicyclic) bond motifs is 1. The second-order valence-electron chi connectivity index (χ2n) is 4.49. The summed E-state index contributed by atoms with van der Waals surface area (Å²) in [6.45, 7) is 0.561. The first-order valence-corrected chi connectivity index (χ1v) is 7.35. The monoisotopic (exact) mass is 298 g/mol. The molecule has 21 heavy (non-hydrogen) atoms. The Balaban J connectivity index is 1.87. The molecule has 0 saturated heterocycles. The Morgan fingerprint density at radius 1 is 1.14 bits per heavy atom. The molecule has 0 saturated carbocycles. The number of para-hydroxylation sites is 1. The average Bonchev–Trinajstić information content (AvgIpc) is 2.53. The number of anilines is 1. The van der Waals surface area contributed by atoms with Gasteiger partial charge in [-0.05, 0) is 18.2 Å². The summed E-state index contributed by atoms with van der Waals surface area (Å²) in [5, 5.41) is 4.47. The van der Waals surface area contributed by atoms with Crippen molar-refractivity contribution in [3.63, 3.8) is 0 Å². The average molecular weight is 298 g/mol. The summed E-state index contributed by atoms with van der Waals surface area (Å²) >= 11 is 1.47. The van der Waals surface area contributed by atoms with Crippen molar-refractivity contribution in [2.45, 2.75) is 6.54 Å². The van der Waals surface area contributed by atoms with E-state index in [0.717, 1.165) is 16.0 Å². The zero-order chi connectivity index (χ0) is 14.7. The fourth-order valence-corrected chi connectivity index (χ4v) is 3.00. The highest BCUT2D eigenvalue weighted by Gasteiger charge is 2.05. The summed E-state index contributed by atoms with van der Waals surface area (Å²) in [7, 11) is 1.64. The van der Waals surface area contributed by atoms with E-state index >= 15 is 0 Å². The molecule has 5 heteroatoms. The van der Waals surface area contributed by atoms with E-state index in [1.807, 2.05) is 42.5 Å². The van der Waals surface area contributed by atoms with Crippen LogP contribution in [0.25, 0.3) is 10.1 Å². The SMILES string of the molecule is COc1ccccc1CNc1nc(=O)c2ccccc2s1. The number of hydrogen-bond acceptors (Lipinski definition) is 5. The van der Waals surface area contributed by atoms with Gasteiger partial charge in [-0.3, -0.25) is 4.79 Å². The Hall–Kier alpha value is -2.40. The Morgan fingerprint density at radius 3 is 2.76 bits per heavy atom. The molecule has 0 atom stereocenters. The zero-order valence-electron chi connectivity index (χ0n) is 11.5. The van der Waals surface area contributed by atoms with Crippen molar-refractivity contribution in [1.82, 2.24) is 4.98 Å². The maximum atomic E-state index is 12.0. The van der Waals surface area contributed by atoms with Crippen LogP contribution in [0.2, 0.25) is 0 Å². The molecule has 106 valence electrons. The summed E-state index contributed by atoms with van der Waals surface area (Å²) in [4.78, 5) is 16.0. The van der Waals surface area contributed by atoms with E-state index < -0.39 is 0 Å². The number of rotatable bonds is 4. The Kier molecular flexibility index (Phi) is 3.83. The van der Waals surface area contributed by atoms with Crippen molar-refractivity contribution in [2.75, 3.05) is 12.4 Å². The molecule has 3 aromatic rings. The van der Waals surface area contributed by atoms with Crippen molar-refractivity contribution >= 4 is 26.6 Å². The lowest BCUT2D eigenvalue weighted by molar-refractivity contribution is 0.410. The van der Waals surface area contributed by atoms with Gasteiger partial charge in [-0.2, -0.15) is 4.98 Å². The Labute approximate surface area is 126 Å². The molecule has 0 aliphatic carbocycles. The van der Waals surface area contributed by atoms with Crippen molar-refractivity contribution in [3.8, 4) is 5.75 Å². The molecule has 0 aliphatic rings. The molecular formula is C16H14N2O2S. The smallest absolute Gasteiger partial charge is 0.281 e. The van der Waals surface area contributed by atoms with Crippen LogP contribution in [0.4, 0.5) is 5.13 Å². The highest BCUT2D eigenvalue weighted by atomic mass is 32.1. The zero-order valence-corrected chi connectivity index (χ0v) is 12.3. The largest absolute Gasteiger partial charge is 0.496 e. The van der Waals surface area contributed by atoms with Gasteiger partial charge in [0.25, 0.3) is 5.56 Å². The number of nitrogens with zero attached hydrogens (tertiary/aromatic N) is 1. The fourth-order valence-electron chi connectivity index (χ4n) is 2.11. The van der Waals surface area contributed by atoms with Crippen LogP contribution >= 0.6 is 11.3 Å². The van der Waals surface area contributed by atoms with E-state index in [4.69, 9.17) is 4.74 Å². The molecule has 4 nitrogen and oxygen atoms in total. The van der Waals surface area contributed by atoms with Crippen LogP contribution in [0.3, 0.4) is 0 Å². The van der Waals surface area contributed by atoms with Crippen LogP contribution < -0.4 is 15.6 Å². The number of hydrogen-bond donors (Lipinski definition) is 1. The third-order valence-corrected chi connectivity index (χ3v) is 4.15. The number of aromatic nitrogens is 1. The van der Waals surface area contributed by atoms with E-state index in [9.17, 15) is 4.79 Å². The van der Waals surface area contributed by atoms with Crippen molar-refractivity contribution in [3.05, 3.63) is 64.4 Å². The minimum absolute atomic E-state index is 0.202. The fraction of sp³-hybridized carbons (Fsp3) is 0.125. The predicted molar refractivity (Wildman–Crippen MR) is 86.2 cm³/mol. The van der Waals surface area contributed by atoms with Gasteiger partial charge in [-0.1, -0.05) is 41.7 Å². The predicted octanol–water partition coefficient (Wildman–Crippen LogP) is 3.28. The lowest BCUT2D eigenvalue weighted by atomic mass is 10.2. The molecule has 1 N–H and O–H groups in total. The molecule has 0 amide bonds. The van der Waals surface area contributed by atoms with Gasteiger partial charge in [0, 0.05) is 16.8 Å². The lowest BCUT2D eigenvalue weighted by Gasteiger charge is -2.09. The summed E-state index contributed by atoms with van der Waals surface area (Å²) in [6.07, 6.45) is 0. The summed E-state index contributed by atoms with van der Waals surface area (Å²) in [5.41, 5.74) is 0.821. The van der Waals surface area contributed by atoms with Crippen molar-refractivity contribution in [1.29, 1.82) is 0 Å². The van der Waals surface area contributed by atoms with Crippen LogP contribution in [0.5, 0.6) is 5.75 Å². The van der Waals surface area contributed by atoms with E-state index in [0.29, 0.717) is 17.1 Å². The Morgan fingerprint density at radius 2 is 1.90 bits per heavy atom. The maximum Gasteiger partial charge on any atom is 0.281 e. The molecule has 2 aromatic carbocycles. The third-order valence-electron chi connectivity index (χ3n) is 3.15. The van der Waals surface area contributed by atoms with E-state index in [-0.39, 0.29) is 5.56 Å². The minimum atomic E-state index is -0.202. The van der Waals surface area contributed by atoms with Crippen molar-refractivity contribution < 1.29 is 4.74 Å². The van der Waals surface area contributed by atoms with Gasteiger partial charge in [0.1, 0.15) is 5.75 Å². The summed E-state index contributed by atoms with van der Waals surface area (Å²) in [6, 6.07) is 15.3. The lowest BCUT2D eigenvalue weighted by Crippen LogP contribution is -2.09. The quantitative estimate of drug-likeness (QED) is 0.803. The molecule has 0 radical (unpaired) electrons. The molecule has 0 aliphatic heterocycles. The molecule has 0 fully saturated rings. The molecule has 0 unspecified atom stereocenters. The van der Waals surface area contributed by atoms with Gasteiger partial charge in [-0.15, -0.1) is 0 Å². The molecule has 1 aromatic heterocycles. The van der Waals surface area contributed by atoms with E-state index in [1.54, 1.807) is 13.2 Å². The molecule has 0 bridgehead atoms. The normalized spacial score (nSPS) is 10.5.